The molecule has 2 heterocycles. The molecule has 1 atom stereocenters. The van der Waals surface area contributed by atoms with Gasteiger partial charge in [-0.2, -0.15) is 0 Å². The van der Waals surface area contributed by atoms with Crippen molar-refractivity contribution >= 4 is 40.4 Å². The summed E-state index contributed by atoms with van der Waals surface area (Å²) < 4.78 is 0.824. The lowest BCUT2D eigenvalue weighted by molar-refractivity contribution is -0.136. The summed E-state index contributed by atoms with van der Waals surface area (Å²) in [7, 11) is 0. The van der Waals surface area contributed by atoms with E-state index in [0.29, 0.717) is 5.91 Å². The van der Waals surface area contributed by atoms with Gasteiger partial charge in [-0.05, 0) is 55.9 Å². The summed E-state index contributed by atoms with van der Waals surface area (Å²) in [6, 6.07) is 13.8. The molecule has 2 fully saturated rings. The Balaban J connectivity index is 0.000000203. The molecule has 1 aromatic heterocycles. The van der Waals surface area contributed by atoms with Crippen LogP contribution in [0.4, 0.5) is 0 Å². The van der Waals surface area contributed by atoms with Gasteiger partial charge in [0.2, 0.25) is 5.91 Å². The number of likely N-dealkylation sites (tertiary alicyclic amines) is 1. The van der Waals surface area contributed by atoms with Crippen molar-refractivity contribution in [2.45, 2.75) is 38.1 Å². The Labute approximate surface area is 157 Å². The van der Waals surface area contributed by atoms with Gasteiger partial charge in [0.25, 0.3) is 0 Å². The molecule has 5 heteroatoms. The van der Waals surface area contributed by atoms with E-state index < -0.39 is 0 Å². The molecule has 1 unspecified atom stereocenters. The van der Waals surface area contributed by atoms with Crippen LogP contribution in [0.25, 0.3) is 0 Å². The molecule has 4 rings (SSSR count). The molecule has 0 spiro atoms. The summed E-state index contributed by atoms with van der Waals surface area (Å²) in [5.41, 5.74) is 0. The standard InChI is InChI=1S/C13H16ClNOS.C6H5Cl/c14-12-7-6-11(17-12)10-2-1-3-13(16)15(10)8-9-4-5-9;7-6-4-2-1-3-5-6/h6-7,9-10H,1-5,8H2;1-5H. The molecule has 2 aliphatic rings. The molecule has 0 N–H and O–H groups in total. The zero-order valence-electron chi connectivity index (χ0n) is 13.5. The lowest BCUT2D eigenvalue weighted by atomic mass is 10.00. The van der Waals surface area contributed by atoms with Crippen molar-refractivity contribution < 1.29 is 4.79 Å². The minimum Gasteiger partial charge on any atom is -0.335 e. The van der Waals surface area contributed by atoms with Crippen LogP contribution in [0.1, 0.15) is 43.0 Å². The van der Waals surface area contributed by atoms with Gasteiger partial charge in [0.05, 0.1) is 10.4 Å². The second-order valence-corrected chi connectivity index (χ2v) is 8.52. The van der Waals surface area contributed by atoms with Crippen molar-refractivity contribution in [1.29, 1.82) is 0 Å². The first kappa shape index (κ1) is 17.8. The third-order valence-corrected chi connectivity index (χ3v) is 5.96. The van der Waals surface area contributed by atoms with Gasteiger partial charge in [-0.15, -0.1) is 11.3 Å². The van der Waals surface area contributed by atoms with E-state index in [-0.39, 0.29) is 6.04 Å². The molecule has 1 aromatic carbocycles. The normalized spacial score (nSPS) is 20.5. The molecule has 2 nitrogen and oxygen atoms in total. The number of benzene rings is 1. The minimum atomic E-state index is 0.286. The fourth-order valence-electron chi connectivity index (χ4n) is 2.95. The van der Waals surface area contributed by atoms with E-state index in [2.05, 4.69) is 11.0 Å². The van der Waals surface area contributed by atoms with E-state index in [1.807, 2.05) is 36.4 Å². The van der Waals surface area contributed by atoms with Crippen LogP contribution in [-0.2, 0) is 4.79 Å². The van der Waals surface area contributed by atoms with Crippen molar-refractivity contribution in [2.75, 3.05) is 6.54 Å². The second-order valence-electron chi connectivity index (χ2n) is 6.33. The lowest BCUT2D eigenvalue weighted by Crippen LogP contribution is -2.39. The van der Waals surface area contributed by atoms with Gasteiger partial charge in [0.1, 0.15) is 0 Å². The molecule has 1 aliphatic heterocycles. The molecule has 0 radical (unpaired) electrons. The Kier molecular flexibility index (Phi) is 6.20. The van der Waals surface area contributed by atoms with Crippen LogP contribution in [0, 0.1) is 5.92 Å². The highest BCUT2D eigenvalue weighted by Gasteiger charge is 2.34. The van der Waals surface area contributed by atoms with Crippen molar-refractivity contribution in [3.63, 3.8) is 0 Å². The Bertz CT molecular complexity index is 669. The molecular formula is C19H21Cl2NOS. The lowest BCUT2D eigenvalue weighted by Gasteiger charge is -2.35. The SMILES string of the molecule is Clc1ccccc1.O=C1CCCC(c2ccc(Cl)s2)N1CC1CC1. The number of rotatable bonds is 3. The largest absolute Gasteiger partial charge is 0.335 e. The number of nitrogens with zero attached hydrogens (tertiary/aromatic N) is 1. The Morgan fingerprint density at radius 1 is 1.04 bits per heavy atom. The number of hydrogen-bond donors (Lipinski definition) is 0. The van der Waals surface area contributed by atoms with Crippen molar-refractivity contribution in [2.24, 2.45) is 5.92 Å². The number of carbonyl (C=O) groups excluding carboxylic acids is 1. The predicted octanol–water partition coefficient (Wildman–Crippen LogP) is 6.21. The number of piperidine rings is 1. The van der Waals surface area contributed by atoms with Crippen LogP contribution < -0.4 is 0 Å². The monoisotopic (exact) mass is 381 g/mol. The average molecular weight is 382 g/mol. The molecule has 1 aliphatic carbocycles. The summed E-state index contributed by atoms with van der Waals surface area (Å²) in [5.74, 6) is 1.09. The summed E-state index contributed by atoms with van der Waals surface area (Å²) in [6.07, 6.45) is 5.42. The van der Waals surface area contributed by atoms with Gasteiger partial charge in [0, 0.05) is 22.9 Å². The Morgan fingerprint density at radius 2 is 1.79 bits per heavy atom. The molecule has 1 saturated heterocycles. The Morgan fingerprint density at radius 3 is 2.33 bits per heavy atom. The third-order valence-electron chi connectivity index (χ3n) is 4.37. The van der Waals surface area contributed by atoms with E-state index in [0.717, 1.165) is 41.1 Å². The van der Waals surface area contributed by atoms with Gasteiger partial charge < -0.3 is 4.90 Å². The summed E-state index contributed by atoms with van der Waals surface area (Å²) >= 11 is 13.2. The van der Waals surface area contributed by atoms with Crippen molar-refractivity contribution in [1.82, 2.24) is 4.90 Å². The number of carbonyl (C=O) groups is 1. The quantitative estimate of drug-likeness (QED) is 0.618. The topological polar surface area (TPSA) is 20.3 Å². The highest BCUT2D eigenvalue weighted by Crippen LogP contribution is 2.40. The molecule has 128 valence electrons. The van der Waals surface area contributed by atoms with Crippen LogP contribution in [0.3, 0.4) is 0 Å². The maximum absolute atomic E-state index is 12.0. The van der Waals surface area contributed by atoms with Gasteiger partial charge >= 0.3 is 0 Å². The van der Waals surface area contributed by atoms with Gasteiger partial charge in [-0.3, -0.25) is 4.79 Å². The summed E-state index contributed by atoms with van der Waals surface area (Å²) in [4.78, 5) is 15.4. The number of thiophene rings is 1. The van der Waals surface area contributed by atoms with Crippen LogP contribution in [-0.4, -0.2) is 17.4 Å². The van der Waals surface area contributed by atoms with Gasteiger partial charge in [-0.25, -0.2) is 0 Å². The average Bonchev–Trinajstić information content (AvgIpc) is 3.29. The number of halogens is 2. The first-order chi connectivity index (χ1) is 11.6. The van der Waals surface area contributed by atoms with Crippen LogP contribution in [0.15, 0.2) is 42.5 Å². The van der Waals surface area contributed by atoms with E-state index in [1.165, 1.54) is 17.7 Å². The number of hydrogen-bond acceptors (Lipinski definition) is 2. The van der Waals surface area contributed by atoms with Gasteiger partial charge in [0.15, 0.2) is 0 Å². The minimum absolute atomic E-state index is 0.286. The fraction of sp³-hybridized carbons (Fsp3) is 0.421. The molecular weight excluding hydrogens is 361 g/mol. The van der Waals surface area contributed by atoms with E-state index in [1.54, 1.807) is 11.3 Å². The maximum atomic E-state index is 12.0. The molecule has 2 aromatic rings. The van der Waals surface area contributed by atoms with E-state index >= 15 is 0 Å². The first-order valence-corrected chi connectivity index (χ1v) is 9.96. The highest BCUT2D eigenvalue weighted by molar-refractivity contribution is 7.16. The van der Waals surface area contributed by atoms with Crippen molar-refractivity contribution in [3.05, 3.63) is 56.7 Å². The molecule has 0 bridgehead atoms. The zero-order valence-corrected chi connectivity index (χ0v) is 15.8. The van der Waals surface area contributed by atoms with E-state index in [9.17, 15) is 4.79 Å². The van der Waals surface area contributed by atoms with Crippen molar-refractivity contribution in [3.8, 4) is 0 Å². The highest BCUT2D eigenvalue weighted by atomic mass is 35.5. The maximum Gasteiger partial charge on any atom is 0.223 e. The summed E-state index contributed by atoms with van der Waals surface area (Å²) in [5, 5.41) is 0.794. The first-order valence-electron chi connectivity index (χ1n) is 8.38. The smallest absolute Gasteiger partial charge is 0.223 e. The van der Waals surface area contributed by atoms with Crippen LogP contribution >= 0.6 is 34.5 Å². The Hall–Kier alpha value is -1.03. The molecule has 24 heavy (non-hydrogen) atoms. The fourth-order valence-corrected chi connectivity index (χ4v) is 4.30. The van der Waals surface area contributed by atoms with Crippen LogP contribution in [0.5, 0.6) is 0 Å². The molecule has 1 saturated carbocycles. The zero-order chi connectivity index (χ0) is 16.9. The second kappa shape index (κ2) is 8.37. The number of amides is 1. The summed E-state index contributed by atoms with van der Waals surface area (Å²) in [6.45, 7) is 0.957. The van der Waals surface area contributed by atoms with Gasteiger partial charge in [-0.1, -0.05) is 41.4 Å². The third kappa shape index (κ3) is 4.98. The van der Waals surface area contributed by atoms with E-state index in [4.69, 9.17) is 23.2 Å². The van der Waals surface area contributed by atoms with Crippen LogP contribution in [0.2, 0.25) is 9.36 Å². The molecule has 1 amide bonds. The predicted molar refractivity (Wildman–Crippen MR) is 102 cm³/mol.